The van der Waals surface area contributed by atoms with Gasteiger partial charge in [-0.25, -0.2) is 4.98 Å². The molecular formula is C16H15N5O3. The molecule has 1 amide bonds. The van der Waals surface area contributed by atoms with E-state index in [1.807, 2.05) is 13.0 Å². The average Bonchev–Trinajstić information content (AvgIpc) is 2.53. The number of anilines is 2. The fourth-order valence-electron chi connectivity index (χ4n) is 2.11. The monoisotopic (exact) mass is 325 g/mol. The van der Waals surface area contributed by atoms with Crippen LogP contribution in [0.1, 0.15) is 11.3 Å². The maximum atomic E-state index is 12.1. The number of nitro groups is 1. The second-order valence-electron chi connectivity index (χ2n) is 5.14. The number of likely N-dealkylation sites (N-methyl/N-ethyl adjacent to an activating group) is 1. The Morgan fingerprint density at radius 2 is 2.17 bits per heavy atom. The highest BCUT2D eigenvalue weighted by Crippen LogP contribution is 2.23. The van der Waals surface area contributed by atoms with Crippen molar-refractivity contribution in [3.63, 3.8) is 0 Å². The molecule has 8 heteroatoms. The van der Waals surface area contributed by atoms with Crippen molar-refractivity contribution in [2.24, 2.45) is 0 Å². The molecule has 1 N–H and O–H groups in total. The van der Waals surface area contributed by atoms with Crippen LogP contribution in [0.4, 0.5) is 17.2 Å². The van der Waals surface area contributed by atoms with Gasteiger partial charge >= 0.3 is 0 Å². The van der Waals surface area contributed by atoms with Gasteiger partial charge in [-0.1, -0.05) is 6.07 Å². The number of nitrogens with one attached hydrogen (secondary N) is 1. The molecule has 1 aromatic heterocycles. The second kappa shape index (κ2) is 7.19. The minimum absolute atomic E-state index is 0.0122. The Morgan fingerprint density at radius 3 is 2.79 bits per heavy atom. The molecule has 122 valence electrons. The molecular weight excluding hydrogens is 310 g/mol. The van der Waals surface area contributed by atoms with Crippen molar-refractivity contribution in [2.45, 2.75) is 6.92 Å². The first-order chi connectivity index (χ1) is 11.4. The Balaban J connectivity index is 2.09. The van der Waals surface area contributed by atoms with Gasteiger partial charge in [-0.05, 0) is 31.2 Å². The van der Waals surface area contributed by atoms with E-state index in [4.69, 9.17) is 5.26 Å². The van der Waals surface area contributed by atoms with Crippen molar-refractivity contribution in [1.29, 1.82) is 5.26 Å². The molecule has 0 bridgehead atoms. The lowest BCUT2D eigenvalue weighted by Gasteiger charge is -2.18. The average molecular weight is 325 g/mol. The standard InChI is InChI=1S/C16H15N5O3/c1-11-4-3-5-15(18-11)19-16(22)10-20(2)13-6-7-14(21(23)24)12(8-13)9-17/h3-8H,10H2,1-2H3,(H,18,19,22). The normalized spacial score (nSPS) is 9.88. The molecule has 0 aliphatic rings. The number of nitriles is 1. The minimum atomic E-state index is -0.613. The van der Waals surface area contributed by atoms with Gasteiger partial charge in [0.05, 0.1) is 11.5 Å². The van der Waals surface area contributed by atoms with E-state index < -0.39 is 4.92 Å². The fraction of sp³-hybridized carbons (Fsp3) is 0.188. The highest BCUT2D eigenvalue weighted by Gasteiger charge is 2.16. The molecule has 0 radical (unpaired) electrons. The van der Waals surface area contributed by atoms with Gasteiger partial charge in [0, 0.05) is 24.5 Å². The third-order valence-electron chi connectivity index (χ3n) is 3.27. The largest absolute Gasteiger partial charge is 0.365 e. The van der Waals surface area contributed by atoms with Crippen LogP contribution in [0.3, 0.4) is 0 Å². The molecule has 24 heavy (non-hydrogen) atoms. The summed E-state index contributed by atoms with van der Waals surface area (Å²) in [6.45, 7) is 1.83. The third kappa shape index (κ3) is 4.04. The number of nitrogens with zero attached hydrogens (tertiary/aromatic N) is 4. The fourth-order valence-corrected chi connectivity index (χ4v) is 2.11. The first kappa shape index (κ1) is 16.9. The number of carbonyl (C=O) groups is 1. The lowest BCUT2D eigenvalue weighted by atomic mass is 10.1. The molecule has 0 atom stereocenters. The summed E-state index contributed by atoms with van der Waals surface area (Å²) in [4.78, 5) is 28.1. The van der Waals surface area contributed by atoms with Crippen LogP contribution in [-0.2, 0) is 4.79 Å². The Bertz CT molecular complexity index is 829. The summed E-state index contributed by atoms with van der Waals surface area (Å²) in [5.74, 6) is 0.169. The van der Waals surface area contributed by atoms with Crippen molar-refractivity contribution >= 4 is 23.1 Å². The first-order valence-corrected chi connectivity index (χ1v) is 7.04. The van der Waals surface area contributed by atoms with Crippen LogP contribution in [0.5, 0.6) is 0 Å². The van der Waals surface area contributed by atoms with E-state index in [1.165, 1.54) is 18.2 Å². The maximum Gasteiger partial charge on any atom is 0.287 e. The number of pyridine rings is 1. The zero-order chi connectivity index (χ0) is 17.7. The van der Waals surface area contributed by atoms with Gasteiger partial charge in [-0.15, -0.1) is 0 Å². The Morgan fingerprint density at radius 1 is 1.42 bits per heavy atom. The summed E-state index contributed by atoms with van der Waals surface area (Å²) < 4.78 is 0. The van der Waals surface area contributed by atoms with E-state index in [1.54, 1.807) is 30.1 Å². The number of benzene rings is 1. The van der Waals surface area contributed by atoms with Crippen molar-refractivity contribution in [2.75, 3.05) is 23.8 Å². The Hall–Kier alpha value is -3.47. The van der Waals surface area contributed by atoms with Gasteiger partial charge in [0.2, 0.25) is 5.91 Å². The van der Waals surface area contributed by atoms with Crippen LogP contribution in [0.2, 0.25) is 0 Å². The molecule has 1 heterocycles. The molecule has 0 aliphatic carbocycles. The van der Waals surface area contributed by atoms with E-state index in [0.29, 0.717) is 11.5 Å². The van der Waals surface area contributed by atoms with E-state index in [9.17, 15) is 14.9 Å². The van der Waals surface area contributed by atoms with Gasteiger partial charge in [-0.2, -0.15) is 5.26 Å². The molecule has 0 saturated carbocycles. The third-order valence-corrected chi connectivity index (χ3v) is 3.27. The van der Waals surface area contributed by atoms with Crippen LogP contribution in [0.15, 0.2) is 36.4 Å². The van der Waals surface area contributed by atoms with Crippen molar-refractivity contribution in [1.82, 2.24) is 4.98 Å². The van der Waals surface area contributed by atoms with Crippen LogP contribution in [-0.4, -0.2) is 29.4 Å². The van der Waals surface area contributed by atoms with E-state index in [-0.39, 0.29) is 23.7 Å². The number of aryl methyl sites for hydroxylation is 1. The SMILES string of the molecule is Cc1cccc(NC(=O)CN(C)c2ccc([N+](=O)[O-])c(C#N)c2)n1. The molecule has 0 unspecified atom stereocenters. The molecule has 0 spiro atoms. The lowest BCUT2D eigenvalue weighted by Crippen LogP contribution is -2.30. The summed E-state index contributed by atoms with van der Waals surface area (Å²) in [6.07, 6.45) is 0. The summed E-state index contributed by atoms with van der Waals surface area (Å²) in [7, 11) is 1.66. The predicted molar refractivity (Wildman–Crippen MR) is 88.7 cm³/mol. The van der Waals surface area contributed by atoms with Crippen LogP contribution >= 0.6 is 0 Å². The van der Waals surface area contributed by atoms with Gasteiger partial charge in [0.15, 0.2) is 0 Å². The second-order valence-corrected chi connectivity index (χ2v) is 5.14. The van der Waals surface area contributed by atoms with Crippen molar-refractivity contribution < 1.29 is 9.72 Å². The minimum Gasteiger partial charge on any atom is -0.365 e. The molecule has 0 aliphatic heterocycles. The summed E-state index contributed by atoms with van der Waals surface area (Å²) in [5.41, 5.74) is 1.01. The van der Waals surface area contributed by atoms with Crippen LogP contribution in [0.25, 0.3) is 0 Å². The topological polar surface area (TPSA) is 112 Å². The first-order valence-electron chi connectivity index (χ1n) is 7.04. The molecule has 2 rings (SSSR count). The van der Waals surface area contributed by atoms with E-state index in [0.717, 1.165) is 5.69 Å². The Labute approximate surface area is 138 Å². The predicted octanol–water partition coefficient (Wildman–Crippen LogP) is 2.24. The molecule has 0 fully saturated rings. The molecule has 2 aromatic rings. The zero-order valence-corrected chi connectivity index (χ0v) is 13.2. The number of nitro benzene ring substituents is 1. The summed E-state index contributed by atoms with van der Waals surface area (Å²) in [5, 5.41) is 22.5. The van der Waals surface area contributed by atoms with Crippen LogP contribution < -0.4 is 10.2 Å². The highest BCUT2D eigenvalue weighted by molar-refractivity contribution is 5.93. The number of aromatic nitrogens is 1. The quantitative estimate of drug-likeness (QED) is 0.666. The van der Waals surface area contributed by atoms with Crippen molar-refractivity contribution in [3.8, 4) is 6.07 Å². The zero-order valence-electron chi connectivity index (χ0n) is 13.2. The van der Waals surface area contributed by atoms with Gasteiger partial charge in [0.25, 0.3) is 5.69 Å². The summed E-state index contributed by atoms with van der Waals surface area (Å²) in [6, 6.07) is 11.2. The van der Waals surface area contributed by atoms with E-state index >= 15 is 0 Å². The van der Waals surface area contributed by atoms with E-state index in [2.05, 4.69) is 10.3 Å². The Kier molecular flexibility index (Phi) is 5.06. The maximum absolute atomic E-state index is 12.1. The molecule has 1 aromatic carbocycles. The number of carbonyl (C=O) groups excluding carboxylic acids is 1. The summed E-state index contributed by atoms with van der Waals surface area (Å²) >= 11 is 0. The van der Waals surface area contributed by atoms with Crippen molar-refractivity contribution in [3.05, 3.63) is 57.8 Å². The smallest absolute Gasteiger partial charge is 0.287 e. The number of hydrogen-bond acceptors (Lipinski definition) is 6. The van der Waals surface area contributed by atoms with Gasteiger partial charge < -0.3 is 10.2 Å². The molecule has 8 nitrogen and oxygen atoms in total. The molecule has 0 saturated heterocycles. The van der Waals surface area contributed by atoms with Gasteiger partial charge in [-0.3, -0.25) is 14.9 Å². The van der Waals surface area contributed by atoms with Gasteiger partial charge in [0.1, 0.15) is 17.5 Å². The van der Waals surface area contributed by atoms with Crippen LogP contribution in [0, 0.1) is 28.4 Å². The number of amides is 1. The number of rotatable bonds is 5. The number of hydrogen-bond donors (Lipinski definition) is 1. The highest BCUT2D eigenvalue weighted by atomic mass is 16.6. The lowest BCUT2D eigenvalue weighted by molar-refractivity contribution is -0.385.